The van der Waals surface area contributed by atoms with Crippen molar-refractivity contribution in [1.29, 1.82) is 0 Å². The first-order chi connectivity index (χ1) is 10.6. The number of hydrogen-bond acceptors (Lipinski definition) is 6. The fourth-order valence-corrected chi connectivity index (χ4v) is 1.57. The molecule has 1 aromatic carbocycles. The Morgan fingerprint density at radius 1 is 1.27 bits per heavy atom. The fraction of sp³-hybridized carbons (Fsp3) is 0.357. The van der Waals surface area contributed by atoms with Crippen molar-refractivity contribution < 1.29 is 23.9 Å². The Morgan fingerprint density at radius 2 is 2.05 bits per heavy atom. The van der Waals surface area contributed by atoms with Crippen LogP contribution in [0.25, 0.3) is 0 Å². The lowest BCUT2D eigenvalue weighted by Gasteiger charge is -2.09. The number of para-hydroxylation sites is 1. The lowest BCUT2D eigenvalue weighted by atomic mass is 10.2. The first kappa shape index (κ1) is 17.3. The molecular weight excluding hydrogens is 290 g/mol. The molecule has 0 radical (unpaired) electrons. The molecule has 120 valence electrons. The first-order valence-corrected chi connectivity index (χ1v) is 6.56. The summed E-state index contributed by atoms with van der Waals surface area (Å²) in [4.78, 5) is 27.3. The Morgan fingerprint density at radius 3 is 2.68 bits per heavy atom. The van der Waals surface area contributed by atoms with Crippen molar-refractivity contribution in [1.82, 2.24) is 10.6 Å². The molecule has 1 aromatic rings. The molecule has 0 aliphatic rings. The molecule has 0 unspecified atom stereocenters. The summed E-state index contributed by atoms with van der Waals surface area (Å²) in [5.41, 5.74) is 0.631. The number of hydrogen-bond donors (Lipinski definition) is 2. The Hall–Kier alpha value is -2.77. The molecule has 2 N–H and O–H groups in total. The number of amides is 3. The largest absolute Gasteiger partial charge is 0.493 e. The molecule has 8 heteroatoms. The molecule has 8 nitrogen and oxygen atoms in total. The summed E-state index contributed by atoms with van der Waals surface area (Å²) in [6.45, 7) is 1.79. The second-order valence-electron chi connectivity index (χ2n) is 4.00. The zero-order chi connectivity index (χ0) is 16.4. The van der Waals surface area contributed by atoms with E-state index in [4.69, 9.17) is 14.3 Å². The van der Waals surface area contributed by atoms with E-state index in [2.05, 4.69) is 15.8 Å². The second kappa shape index (κ2) is 9.22. The van der Waals surface area contributed by atoms with Crippen LogP contribution in [-0.2, 0) is 9.63 Å². The highest BCUT2D eigenvalue weighted by molar-refractivity contribution is 5.94. The van der Waals surface area contributed by atoms with Gasteiger partial charge in [0.25, 0.3) is 5.91 Å². The van der Waals surface area contributed by atoms with Gasteiger partial charge in [-0.2, -0.15) is 0 Å². The molecule has 1 rings (SSSR count). The lowest BCUT2D eigenvalue weighted by Crippen LogP contribution is -2.40. The van der Waals surface area contributed by atoms with Crippen LogP contribution in [0.15, 0.2) is 23.4 Å². The van der Waals surface area contributed by atoms with Gasteiger partial charge in [-0.1, -0.05) is 11.2 Å². The van der Waals surface area contributed by atoms with Gasteiger partial charge in [0.05, 0.1) is 20.4 Å². The number of carbonyl (C=O) groups is 2. The highest BCUT2D eigenvalue weighted by atomic mass is 16.6. The van der Waals surface area contributed by atoms with Crippen molar-refractivity contribution in [2.45, 2.75) is 6.92 Å². The number of ether oxygens (including phenoxy) is 2. The summed E-state index contributed by atoms with van der Waals surface area (Å²) in [6.07, 6.45) is 1.39. The van der Waals surface area contributed by atoms with Crippen LogP contribution in [0, 0.1) is 0 Å². The Labute approximate surface area is 128 Å². The number of urea groups is 1. The van der Waals surface area contributed by atoms with Gasteiger partial charge in [-0.3, -0.25) is 10.1 Å². The first-order valence-electron chi connectivity index (χ1n) is 6.56. The van der Waals surface area contributed by atoms with Gasteiger partial charge in [0.15, 0.2) is 18.1 Å². The molecule has 0 heterocycles. The predicted molar refractivity (Wildman–Crippen MR) is 80.3 cm³/mol. The van der Waals surface area contributed by atoms with Crippen LogP contribution < -0.4 is 20.1 Å². The van der Waals surface area contributed by atoms with Crippen molar-refractivity contribution >= 4 is 18.2 Å². The molecule has 0 atom stereocenters. The standard InChI is InChI=1S/C14H19N3O5/c1-4-15-14(19)17-12(18)9-22-16-8-10-6-5-7-11(20-2)13(10)21-3/h5-8H,4,9H2,1-3H3,(H2,15,17,18,19)/b16-8-. The van der Waals surface area contributed by atoms with Gasteiger partial charge < -0.3 is 19.6 Å². The van der Waals surface area contributed by atoms with Crippen LogP contribution >= 0.6 is 0 Å². The van der Waals surface area contributed by atoms with Crippen molar-refractivity contribution in [3.63, 3.8) is 0 Å². The quantitative estimate of drug-likeness (QED) is 0.576. The number of nitrogens with zero attached hydrogens (tertiary/aromatic N) is 1. The van der Waals surface area contributed by atoms with E-state index in [0.717, 1.165) is 0 Å². The summed E-state index contributed by atoms with van der Waals surface area (Å²) in [5, 5.41) is 8.18. The van der Waals surface area contributed by atoms with Gasteiger partial charge >= 0.3 is 6.03 Å². The summed E-state index contributed by atoms with van der Waals surface area (Å²) in [6, 6.07) is 4.69. The summed E-state index contributed by atoms with van der Waals surface area (Å²) < 4.78 is 10.4. The number of methoxy groups -OCH3 is 2. The normalized spacial score (nSPS) is 10.1. The highest BCUT2D eigenvalue weighted by Gasteiger charge is 2.08. The molecule has 0 spiro atoms. The maximum atomic E-state index is 11.3. The smallest absolute Gasteiger partial charge is 0.321 e. The Kier molecular flexibility index (Phi) is 7.24. The van der Waals surface area contributed by atoms with E-state index in [-0.39, 0.29) is 6.61 Å². The molecule has 22 heavy (non-hydrogen) atoms. The van der Waals surface area contributed by atoms with E-state index >= 15 is 0 Å². The minimum absolute atomic E-state index is 0.375. The zero-order valence-electron chi connectivity index (χ0n) is 12.7. The predicted octanol–water partition coefficient (Wildman–Crippen LogP) is 0.900. The number of nitrogens with one attached hydrogen (secondary N) is 2. The SMILES string of the molecule is CCNC(=O)NC(=O)CO/N=C\c1cccc(OC)c1OC. The second-order valence-corrected chi connectivity index (χ2v) is 4.00. The minimum atomic E-state index is -0.597. The summed E-state index contributed by atoms with van der Waals surface area (Å²) >= 11 is 0. The fourth-order valence-electron chi connectivity index (χ4n) is 1.57. The molecule has 3 amide bonds. The molecule has 0 aromatic heterocycles. The van der Waals surface area contributed by atoms with Gasteiger partial charge in [-0.05, 0) is 19.1 Å². The molecule has 0 aliphatic carbocycles. The van der Waals surface area contributed by atoms with Gasteiger partial charge in [0.2, 0.25) is 0 Å². The minimum Gasteiger partial charge on any atom is -0.493 e. The van der Waals surface area contributed by atoms with Gasteiger partial charge in [0, 0.05) is 12.1 Å². The van der Waals surface area contributed by atoms with E-state index in [1.807, 2.05) is 0 Å². The molecule has 0 fully saturated rings. The summed E-state index contributed by atoms with van der Waals surface area (Å²) in [5.74, 6) is 0.463. The van der Waals surface area contributed by atoms with Gasteiger partial charge in [0.1, 0.15) is 0 Å². The van der Waals surface area contributed by atoms with Crippen molar-refractivity contribution in [2.24, 2.45) is 5.16 Å². The topological polar surface area (TPSA) is 98.3 Å². The van der Waals surface area contributed by atoms with E-state index in [0.29, 0.717) is 23.6 Å². The lowest BCUT2D eigenvalue weighted by molar-refractivity contribution is -0.124. The van der Waals surface area contributed by atoms with Crippen LogP contribution in [0.2, 0.25) is 0 Å². The van der Waals surface area contributed by atoms with Crippen LogP contribution in [0.4, 0.5) is 4.79 Å². The van der Waals surface area contributed by atoms with E-state index in [1.165, 1.54) is 20.4 Å². The van der Waals surface area contributed by atoms with Gasteiger partial charge in [-0.25, -0.2) is 4.79 Å². The molecule has 0 saturated carbocycles. The van der Waals surface area contributed by atoms with Crippen LogP contribution in [0.3, 0.4) is 0 Å². The molecule has 0 bridgehead atoms. The van der Waals surface area contributed by atoms with Crippen molar-refractivity contribution in [2.75, 3.05) is 27.4 Å². The van der Waals surface area contributed by atoms with Gasteiger partial charge in [-0.15, -0.1) is 0 Å². The van der Waals surface area contributed by atoms with Crippen LogP contribution in [-0.4, -0.2) is 45.5 Å². The Bertz CT molecular complexity index is 545. The molecular formula is C14H19N3O5. The third-order valence-electron chi connectivity index (χ3n) is 2.49. The highest BCUT2D eigenvalue weighted by Crippen LogP contribution is 2.29. The van der Waals surface area contributed by atoms with Crippen molar-refractivity contribution in [3.8, 4) is 11.5 Å². The number of benzene rings is 1. The summed E-state index contributed by atoms with van der Waals surface area (Å²) in [7, 11) is 3.04. The average molecular weight is 309 g/mol. The Balaban J connectivity index is 2.53. The molecule has 0 saturated heterocycles. The number of oxime groups is 1. The van der Waals surface area contributed by atoms with E-state index < -0.39 is 11.9 Å². The maximum absolute atomic E-state index is 11.3. The third kappa shape index (κ3) is 5.31. The van der Waals surface area contributed by atoms with E-state index in [1.54, 1.807) is 25.1 Å². The number of carbonyl (C=O) groups excluding carboxylic acids is 2. The number of rotatable bonds is 7. The zero-order valence-corrected chi connectivity index (χ0v) is 12.7. The number of imide groups is 1. The molecule has 0 aliphatic heterocycles. The maximum Gasteiger partial charge on any atom is 0.321 e. The van der Waals surface area contributed by atoms with Crippen molar-refractivity contribution in [3.05, 3.63) is 23.8 Å². The van der Waals surface area contributed by atoms with Crippen LogP contribution in [0.1, 0.15) is 12.5 Å². The van der Waals surface area contributed by atoms with E-state index in [9.17, 15) is 9.59 Å². The van der Waals surface area contributed by atoms with Crippen LogP contribution in [0.5, 0.6) is 11.5 Å². The third-order valence-corrected chi connectivity index (χ3v) is 2.49. The average Bonchev–Trinajstić information content (AvgIpc) is 2.51. The monoisotopic (exact) mass is 309 g/mol.